The molecule has 0 fully saturated rings. The maximum Gasteiger partial charge on any atom is 0.358 e. The highest BCUT2D eigenvalue weighted by molar-refractivity contribution is 9.10. The fraction of sp³-hybridized carbons (Fsp3) is 0.105. The Bertz CT molecular complexity index is 1000. The molecule has 0 radical (unpaired) electrons. The largest absolute Gasteiger partial charge is 0.461 e. The summed E-state index contributed by atoms with van der Waals surface area (Å²) in [6, 6.07) is 12.6. The molecule has 1 aromatic heterocycles. The number of hydrogen-bond donors (Lipinski definition) is 1. The number of esters is 1. The van der Waals surface area contributed by atoms with Crippen molar-refractivity contribution >= 4 is 33.5 Å². The Kier molecular flexibility index (Phi) is 5.66. The fourth-order valence-electron chi connectivity index (χ4n) is 2.38. The van der Waals surface area contributed by atoms with Crippen LogP contribution in [0.25, 0.3) is 5.69 Å². The summed E-state index contributed by atoms with van der Waals surface area (Å²) in [4.78, 5) is 24.3. The van der Waals surface area contributed by atoms with E-state index in [2.05, 4.69) is 26.3 Å². The van der Waals surface area contributed by atoms with Gasteiger partial charge in [0, 0.05) is 11.8 Å². The summed E-state index contributed by atoms with van der Waals surface area (Å²) in [5.41, 5.74) is 1.36. The predicted molar refractivity (Wildman–Crippen MR) is 102 cm³/mol. The molecule has 27 heavy (non-hydrogen) atoms. The Balaban J connectivity index is 1.87. The lowest BCUT2D eigenvalue weighted by atomic mass is 10.2. The van der Waals surface area contributed by atoms with Crippen molar-refractivity contribution in [3.05, 3.63) is 76.3 Å². The third-order valence-corrected chi connectivity index (χ3v) is 4.30. The van der Waals surface area contributed by atoms with Crippen LogP contribution in [0.15, 0.2) is 59.2 Å². The average molecular weight is 432 g/mol. The molecule has 0 aliphatic rings. The van der Waals surface area contributed by atoms with Crippen LogP contribution in [0.1, 0.15) is 27.8 Å². The maximum atomic E-state index is 13.7. The van der Waals surface area contributed by atoms with Gasteiger partial charge in [0.15, 0.2) is 5.69 Å². The summed E-state index contributed by atoms with van der Waals surface area (Å²) in [6.07, 6.45) is 1.59. The van der Waals surface area contributed by atoms with Gasteiger partial charge < -0.3 is 10.1 Å². The molecule has 0 atom stereocenters. The van der Waals surface area contributed by atoms with E-state index in [1.54, 1.807) is 37.4 Å². The number of nitrogens with one attached hydrogen (secondary N) is 1. The third-order valence-electron chi connectivity index (χ3n) is 3.65. The highest BCUT2D eigenvalue weighted by Gasteiger charge is 2.15. The van der Waals surface area contributed by atoms with E-state index in [0.29, 0.717) is 11.4 Å². The lowest BCUT2D eigenvalue weighted by Crippen LogP contribution is -2.14. The monoisotopic (exact) mass is 431 g/mol. The Labute approximate surface area is 163 Å². The molecule has 1 N–H and O–H groups in total. The highest BCUT2D eigenvalue weighted by atomic mass is 79.9. The molecule has 1 heterocycles. The zero-order chi connectivity index (χ0) is 19.4. The smallest absolute Gasteiger partial charge is 0.358 e. The summed E-state index contributed by atoms with van der Waals surface area (Å²) in [5.74, 6) is -1.52. The SMILES string of the molecule is CCOC(=O)c1ccn(-c2ccccc2NC(=O)c2ccc(Br)c(F)c2)n1. The highest BCUT2D eigenvalue weighted by Crippen LogP contribution is 2.22. The topological polar surface area (TPSA) is 73.2 Å². The van der Waals surface area contributed by atoms with Crippen LogP contribution in [0.5, 0.6) is 0 Å². The molecule has 0 aliphatic carbocycles. The molecule has 3 rings (SSSR count). The van der Waals surface area contributed by atoms with Crippen LogP contribution in [-0.2, 0) is 4.74 Å². The van der Waals surface area contributed by atoms with Gasteiger partial charge in [-0.1, -0.05) is 12.1 Å². The number of ether oxygens (including phenoxy) is 1. The Morgan fingerprint density at radius 3 is 2.74 bits per heavy atom. The minimum Gasteiger partial charge on any atom is -0.461 e. The van der Waals surface area contributed by atoms with Crippen LogP contribution in [-0.4, -0.2) is 28.3 Å². The Morgan fingerprint density at radius 2 is 2.00 bits per heavy atom. The number of nitrogens with zero attached hydrogens (tertiary/aromatic N) is 2. The molecule has 0 saturated carbocycles. The van der Waals surface area contributed by atoms with E-state index >= 15 is 0 Å². The molecule has 6 nitrogen and oxygen atoms in total. The minimum atomic E-state index is -0.526. The molecular weight excluding hydrogens is 417 g/mol. The minimum absolute atomic E-state index is 0.160. The van der Waals surface area contributed by atoms with Crippen LogP contribution in [0, 0.1) is 5.82 Å². The zero-order valence-electron chi connectivity index (χ0n) is 14.3. The predicted octanol–water partition coefficient (Wildman–Crippen LogP) is 4.20. The molecule has 2 aromatic carbocycles. The molecule has 1 amide bonds. The average Bonchev–Trinajstić information content (AvgIpc) is 3.14. The van der Waals surface area contributed by atoms with Gasteiger partial charge in [0.05, 0.1) is 22.5 Å². The number of aromatic nitrogens is 2. The van der Waals surface area contributed by atoms with Crippen molar-refractivity contribution in [3.8, 4) is 5.69 Å². The first-order chi connectivity index (χ1) is 13.0. The van der Waals surface area contributed by atoms with Gasteiger partial charge >= 0.3 is 5.97 Å². The number of anilines is 1. The van der Waals surface area contributed by atoms with Crippen molar-refractivity contribution in [3.63, 3.8) is 0 Å². The van der Waals surface area contributed by atoms with Crippen molar-refractivity contribution in [2.45, 2.75) is 6.92 Å². The second-order valence-electron chi connectivity index (χ2n) is 5.47. The van der Waals surface area contributed by atoms with E-state index in [-0.39, 0.29) is 22.3 Å². The third kappa shape index (κ3) is 4.22. The number of carbonyl (C=O) groups is 2. The summed E-state index contributed by atoms with van der Waals surface area (Å²) in [5, 5.41) is 6.93. The van der Waals surface area contributed by atoms with Gasteiger partial charge in [-0.15, -0.1) is 0 Å². The van der Waals surface area contributed by atoms with Gasteiger partial charge in [-0.05, 0) is 59.3 Å². The van der Waals surface area contributed by atoms with Gasteiger partial charge in [0.2, 0.25) is 0 Å². The van der Waals surface area contributed by atoms with Gasteiger partial charge in [-0.25, -0.2) is 13.9 Å². The quantitative estimate of drug-likeness (QED) is 0.614. The van der Waals surface area contributed by atoms with Crippen LogP contribution in [0.4, 0.5) is 10.1 Å². The summed E-state index contributed by atoms with van der Waals surface area (Å²) >= 11 is 3.06. The maximum absolute atomic E-state index is 13.7. The van der Waals surface area contributed by atoms with Crippen LogP contribution in [0.3, 0.4) is 0 Å². The van der Waals surface area contributed by atoms with E-state index in [9.17, 15) is 14.0 Å². The lowest BCUT2D eigenvalue weighted by molar-refractivity contribution is 0.0519. The van der Waals surface area contributed by atoms with Gasteiger partial charge in [0.1, 0.15) is 5.82 Å². The molecule has 0 spiro atoms. The molecule has 8 heteroatoms. The summed E-state index contributed by atoms with van der Waals surface area (Å²) < 4.78 is 20.3. The molecule has 138 valence electrons. The molecule has 0 saturated heterocycles. The first-order valence-corrected chi connectivity index (χ1v) is 8.87. The summed E-state index contributed by atoms with van der Waals surface area (Å²) in [6.45, 7) is 1.97. The first kappa shape index (κ1) is 18.8. The zero-order valence-corrected chi connectivity index (χ0v) is 15.9. The number of para-hydroxylation sites is 2. The van der Waals surface area contributed by atoms with Crippen LogP contribution >= 0.6 is 15.9 Å². The van der Waals surface area contributed by atoms with Crippen LogP contribution in [0.2, 0.25) is 0 Å². The van der Waals surface area contributed by atoms with Crippen LogP contribution < -0.4 is 5.32 Å². The van der Waals surface area contributed by atoms with E-state index in [1.165, 1.54) is 22.9 Å². The Morgan fingerprint density at radius 1 is 1.22 bits per heavy atom. The van der Waals surface area contributed by atoms with Gasteiger partial charge in [-0.2, -0.15) is 5.10 Å². The van der Waals surface area contributed by atoms with E-state index in [0.717, 1.165) is 6.07 Å². The van der Waals surface area contributed by atoms with Gasteiger partial charge in [0.25, 0.3) is 5.91 Å². The van der Waals surface area contributed by atoms with Crippen molar-refractivity contribution in [2.75, 3.05) is 11.9 Å². The van der Waals surface area contributed by atoms with Crippen molar-refractivity contribution in [1.82, 2.24) is 9.78 Å². The lowest BCUT2D eigenvalue weighted by Gasteiger charge is -2.11. The molecule has 3 aromatic rings. The molecule has 0 bridgehead atoms. The Hall–Kier alpha value is -3.00. The standard InChI is InChI=1S/C19H15BrFN3O3/c1-2-27-19(26)16-9-10-24(23-16)17-6-4-3-5-15(17)22-18(25)12-7-8-13(20)14(21)11-12/h3-11H,2H2,1H3,(H,22,25). The van der Waals surface area contributed by atoms with E-state index < -0.39 is 17.7 Å². The number of amides is 1. The molecule has 0 unspecified atom stereocenters. The second-order valence-corrected chi connectivity index (χ2v) is 6.32. The second kappa shape index (κ2) is 8.13. The van der Waals surface area contributed by atoms with E-state index in [4.69, 9.17) is 4.74 Å². The number of hydrogen-bond acceptors (Lipinski definition) is 4. The van der Waals surface area contributed by atoms with E-state index in [1.807, 2.05) is 0 Å². The number of halogens is 2. The van der Waals surface area contributed by atoms with Crippen molar-refractivity contribution in [1.29, 1.82) is 0 Å². The van der Waals surface area contributed by atoms with Crippen molar-refractivity contribution < 1.29 is 18.7 Å². The fourth-order valence-corrected chi connectivity index (χ4v) is 2.63. The molecule has 0 aliphatic heterocycles. The number of carbonyl (C=O) groups excluding carboxylic acids is 2. The number of benzene rings is 2. The molecular formula is C19H15BrFN3O3. The normalized spacial score (nSPS) is 10.5. The number of rotatable bonds is 5. The van der Waals surface area contributed by atoms with Gasteiger partial charge in [-0.3, -0.25) is 4.79 Å². The summed E-state index contributed by atoms with van der Waals surface area (Å²) in [7, 11) is 0. The first-order valence-electron chi connectivity index (χ1n) is 8.08. The van der Waals surface area contributed by atoms with Crippen molar-refractivity contribution in [2.24, 2.45) is 0 Å².